The van der Waals surface area contributed by atoms with Gasteiger partial charge in [-0.05, 0) is 6.42 Å². The third-order valence-electron chi connectivity index (χ3n) is 2.51. The average Bonchev–Trinajstić information content (AvgIpc) is 2.24. The lowest BCUT2D eigenvalue weighted by Gasteiger charge is -2.20. The number of unbranched alkanes of at least 4 members (excludes halogenated alkanes) is 1. The summed E-state index contributed by atoms with van der Waals surface area (Å²) < 4.78 is 0. The number of halogens is 1. The van der Waals surface area contributed by atoms with Crippen LogP contribution in [0.5, 0.6) is 0 Å². The topological polar surface area (TPSA) is 71.4 Å². The van der Waals surface area contributed by atoms with E-state index in [2.05, 4.69) is 24.9 Å². The summed E-state index contributed by atoms with van der Waals surface area (Å²) in [6, 6.07) is 6.48. The van der Waals surface area contributed by atoms with Crippen LogP contribution in [0.25, 0.3) is 0 Å². The van der Waals surface area contributed by atoms with Crippen molar-refractivity contribution in [2.45, 2.75) is 25.7 Å². The minimum Gasteiger partial charge on any atom is -1.00 e. The zero-order valence-corrected chi connectivity index (χ0v) is 12.1. The van der Waals surface area contributed by atoms with Crippen molar-refractivity contribution in [3.63, 3.8) is 0 Å². The maximum absolute atomic E-state index is 8.58. The number of hydrogen-bond acceptors (Lipinski definition) is 3. The summed E-state index contributed by atoms with van der Waals surface area (Å²) in [5.41, 5.74) is 0. The molecule has 0 aromatic carbocycles. The fraction of sp³-hybridized carbons (Fsp3) is 0.727. The first kappa shape index (κ1) is 17.8. The molecule has 0 aliphatic heterocycles. The second kappa shape index (κ2) is 10.9. The zero-order valence-electron chi connectivity index (χ0n) is 9.62. The van der Waals surface area contributed by atoms with Gasteiger partial charge in [0, 0.05) is 20.3 Å². The van der Waals surface area contributed by atoms with Crippen molar-refractivity contribution in [3.05, 3.63) is 0 Å². The molecule has 0 aromatic heterocycles. The molecule has 0 fully saturated rings. The highest BCUT2D eigenvalue weighted by molar-refractivity contribution is 7.75. The standard InChI is InChI=1S/C11H17N3P.BrH/c1-15(10-4-7-13,11-5-8-14)9-3-2-6-12;/h2-5,9-11H2,1H3;1H/q+1;/p-1. The Morgan fingerprint density at radius 3 is 1.62 bits per heavy atom. The largest absolute Gasteiger partial charge is 1.00 e. The lowest BCUT2D eigenvalue weighted by atomic mass is 10.4. The van der Waals surface area contributed by atoms with Crippen molar-refractivity contribution in [2.24, 2.45) is 0 Å². The second-order valence-electron chi connectivity index (χ2n) is 3.87. The lowest BCUT2D eigenvalue weighted by Crippen LogP contribution is -3.00. The molecule has 0 amide bonds. The fourth-order valence-electron chi connectivity index (χ4n) is 1.52. The van der Waals surface area contributed by atoms with Crippen molar-refractivity contribution in [2.75, 3.05) is 25.2 Å². The number of nitrogens with zero attached hydrogens (tertiary/aromatic N) is 3. The Morgan fingerprint density at radius 1 is 0.812 bits per heavy atom. The Balaban J connectivity index is 0. The van der Waals surface area contributed by atoms with Crippen LogP contribution in [0.4, 0.5) is 0 Å². The van der Waals surface area contributed by atoms with Crippen molar-refractivity contribution in [1.29, 1.82) is 15.8 Å². The van der Waals surface area contributed by atoms with E-state index in [1.54, 1.807) is 0 Å². The zero-order chi connectivity index (χ0) is 11.6. The first-order valence-electron chi connectivity index (χ1n) is 5.13. The van der Waals surface area contributed by atoms with Gasteiger partial charge < -0.3 is 17.0 Å². The van der Waals surface area contributed by atoms with Gasteiger partial charge in [0.1, 0.15) is 0 Å². The number of rotatable bonds is 7. The highest BCUT2D eigenvalue weighted by atomic mass is 79.9. The fourth-order valence-corrected chi connectivity index (χ4v) is 4.39. The molecule has 5 heteroatoms. The summed E-state index contributed by atoms with van der Waals surface area (Å²) in [7, 11) is -1.13. The van der Waals surface area contributed by atoms with Crippen LogP contribution in [0.3, 0.4) is 0 Å². The monoisotopic (exact) mass is 301 g/mol. The second-order valence-corrected chi connectivity index (χ2v) is 8.45. The molecule has 3 nitrogen and oxygen atoms in total. The molecule has 0 aliphatic carbocycles. The molecule has 0 aliphatic rings. The van der Waals surface area contributed by atoms with E-state index in [4.69, 9.17) is 15.8 Å². The van der Waals surface area contributed by atoms with E-state index in [0.29, 0.717) is 19.3 Å². The van der Waals surface area contributed by atoms with Gasteiger partial charge in [-0.3, -0.25) is 0 Å². The molecule has 0 saturated heterocycles. The van der Waals surface area contributed by atoms with Gasteiger partial charge in [-0.25, -0.2) is 0 Å². The molecule has 0 atom stereocenters. The molecule has 0 saturated carbocycles. The Hall–Kier alpha value is -0.620. The van der Waals surface area contributed by atoms with Crippen LogP contribution in [0.15, 0.2) is 0 Å². The van der Waals surface area contributed by atoms with Gasteiger partial charge in [-0.1, -0.05) is 0 Å². The summed E-state index contributed by atoms with van der Waals surface area (Å²) >= 11 is 0. The van der Waals surface area contributed by atoms with E-state index in [-0.39, 0.29) is 17.0 Å². The van der Waals surface area contributed by atoms with Crippen LogP contribution >= 0.6 is 7.26 Å². The quantitative estimate of drug-likeness (QED) is 0.482. The molecule has 0 rings (SSSR count). The molecular formula is C11H17BrN3P. The van der Waals surface area contributed by atoms with Crippen LogP contribution in [0.1, 0.15) is 25.7 Å². The summed E-state index contributed by atoms with van der Waals surface area (Å²) in [4.78, 5) is 0. The van der Waals surface area contributed by atoms with Crippen LogP contribution in [0.2, 0.25) is 0 Å². The predicted molar refractivity (Wildman–Crippen MR) is 62.8 cm³/mol. The summed E-state index contributed by atoms with van der Waals surface area (Å²) in [5.74, 6) is 0. The molecule has 0 N–H and O–H groups in total. The Labute approximate surface area is 109 Å². The van der Waals surface area contributed by atoms with E-state index < -0.39 is 7.26 Å². The van der Waals surface area contributed by atoms with Crippen LogP contribution in [0, 0.1) is 34.0 Å². The van der Waals surface area contributed by atoms with Crippen molar-refractivity contribution in [1.82, 2.24) is 0 Å². The minimum atomic E-state index is -1.13. The molecule has 0 aromatic rings. The van der Waals surface area contributed by atoms with E-state index in [9.17, 15) is 0 Å². The first-order chi connectivity index (χ1) is 7.18. The number of hydrogen-bond donors (Lipinski definition) is 0. The Morgan fingerprint density at radius 2 is 1.25 bits per heavy atom. The number of nitriles is 3. The molecule has 0 heterocycles. The van der Waals surface area contributed by atoms with E-state index in [1.165, 1.54) is 0 Å². The normalized spacial score (nSPS) is 9.38. The third-order valence-corrected chi connectivity index (χ3v) is 6.52. The summed E-state index contributed by atoms with van der Waals surface area (Å²) in [5, 5.41) is 25.6. The minimum absolute atomic E-state index is 0. The summed E-state index contributed by atoms with van der Waals surface area (Å²) in [6.07, 6.45) is 5.61. The van der Waals surface area contributed by atoms with Crippen LogP contribution in [-0.4, -0.2) is 25.2 Å². The van der Waals surface area contributed by atoms with Crippen molar-refractivity contribution < 1.29 is 17.0 Å². The molecule has 0 radical (unpaired) electrons. The van der Waals surface area contributed by atoms with Gasteiger partial charge in [0.2, 0.25) is 0 Å². The highest BCUT2D eigenvalue weighted by Gasteiger charge is 2.29. The molecule has 0 spiro atoms. The smallest absolute Gasteiger partial charge is 0.0722 e. The molecule has 88 valence electrons. The first-order valence-corrected chi connectivity index (χ1v) is 7.92. The Bertz CT molecular complexity index is 280. The highest BCUT2D eigenvalue weighted by Crippen LogP contribution is 2.56. The van der Waals surface area contributed by atoms with Gasteiger partial charge in [0.25, 0.3) is 0 Å². The van der Waals surface area contributed by atoms with Gasteiger partial charge in [-0.2, -0.15) is 15.8 Å². The predicted octanol–water partition coefficient (Wildman–Crippen LogP) is -0.231. The van der Waals surface area contributed by atoms with E-state index in [1.807, 2.05) is 0 Å². The van der Waals surface area contributed by atoms with Gasteiger partial charge in [0.15, 0.2) is 0 Å². The lowest BCUT2D eigenvalue weighted by molar-refractivity contribution is -0.00000411. The van der Waals surface area contributed by atoms with Crippen LogP contribution in [-0.2, 0) is 0 Å². The maximum Gasteiger partial charge on any atom is 0.0722 e. The summed E-state index contributed by atoms with van der Waals surface area (Å²) in [6.45, 7) is 2.22. The van der Waals surface area contributed by atoms with Crippen LogP contribution < -0.4 is 17.0 Å². The molecule has 0 unspecified atom stereocenters. The molecular weight excluding hydrogens is 285 g/mol. The Kier molecular flexibility index (Phi) is 12.1. The van der Waals surface area contributed by atoms with Crippen molar-refractivity contribution >= 4 is 7.26 Å². The van der Waals surface area contributed by atoms with E-state index in [0.717, 1.165) is 24.9 Å². The third kappa shape index (κ3) is 8.67. The van der Waals surface area contributed by atoms with Gasteiger partial charge in [0.05, 0.1) is 49.5 Å². The maximum atomic E-state index is 8.58. The SMILES string of the molecule is C[P+](CCC#N)(CCC#N)CCCC#N.[Br-]. The molecule has 0 bridgehead atoms. The van der Waals surface area contributed by atoms with Gasteiger partial charge >= 0.3 is 0 Å². The molecule has 16 heavy (non-hydrogen) atoms. The van der Waals surface area contributed by atoms with Gasteiger partial charge in [-0.15, -0.1) is 0 Å². The average molecular weight is 302 g/mol. The van der Waals surface area contributed by atoms with E-state index >= 15 is 0 Å². The van der Waals surface area contributed by atoms with Crippen molar-refractivity contribution in [3.8, 4) is 18.2 Å².